The van der Waals surface area contributed by atoms with E-state index in [1.54, 1.807) is 0 Å². The Bertz CT molecular complexity index is 720. The maximum atomic E-state index is 10.6. The molecular weight excluding hydrogens is 364 g/mol. The molecule has 170 valence electrons. The highest BCUT2D eigenvalue weighted by molar-refractivity contribution is 5.29. The molecule has 0 unspecified atom stereocenters. The van der Waals surface area contributed by atoms with Gasteiger partial charge < -0.3 is 5.11 Å². The third-order valence-corrected chi connectivity index (χ3v) is 12.6. The van der Waals surface area contributed by atoms with Crippen molar-refractivity contribution in [2.24, 2.45) is 51.2 Å². The Balaban J connectivity index is 1.39. The van der Waals surface area contributed by atoms with Crippen molar-refractivity contribution in [3.05, 3.63) is 11.6 Å². The summed E-state index contributed by atoms with van der Waals surface area (Å²) in [5.74, 6) is 4.08. The van der Waals surface area contributed by atoms with Gasteiger partial charge in [0.2, 0.25) is 0 Å². The van der Waals surface area contributed by atoms with Crippen LogP contribution in [0.4, 0.5) is 0 Å². The molecule has 10 atom stereocenters. The molecule has 0 saturated heterocycles. The largest absolute Gasteiger partial charge is 0.393 e. The fourth-order valence-electron chi connectivity index (χ4n) is 10.8. The monoisotopic (exact) mass is 412 g/mol. The van der Waals surface area contributed by atoms with Crippen LogP contribution in [0.5, 0.6) is 0 Å². The minimum atomic E-state index is -0.0308. The van der Waals surface area contributed by atoms with Gasteiger partial charge in [0.05, 0.1) is 6.10 Å². The molecule has 0 aromatic heterocycles. The van der Waals surface area contributed by atoms with Crippen LogP contribution in [0.25, 0.3) is 0 Å². The van der Waals surface area contributed by atoms with Crippen LogP contribution in [0.15, 0.2) is 11.6 Å². The van der Waals surface area contributed by atoms with Gasteiger partial charge in [-0.25, -0.2) is 0 Å². The van der Waals surface area contributed by atoms with Crippen LogP contribution in [0.2, 0.25) is 0 Å². The van der Waals surface area contributed by atoms with E-state index in [2.05, 4.69) is 47.6 Å². The highest BCUT2D eigenvalue weighted by atomic mass is 16.3. The van der Waals surface area contributed by atoms with Gasteiger partial charge in [-0.2, -0.15) is 0 Å². The van der Waals surface area contributed by atoms with Gasteiger partial charge in [0, 0.05) is 0 Å². The van der Waals surface area contributed by atoms with Crippen molar-refractivity contribution < 1.29 is 5.11 Å². The highest BCUT2D eigenvalue weighted by Crippen LogP contribution is 2.88. The standard InChI is InChI=1S/C29H48O/c1-19(2)8-7-9-20(3)22-12-14-27(6)25-11-10-23-21(4)24(30)13-15-28(23)18-29(25,28)17-16-26(22,27)5/h8,20-25,30H,7,9-18H2,1-6H3/t20-,21-,22-,23+,24+,25+,26-,27+,28-,29+/m1/s1. The molecule has 5 aliphatic carbocycles. The quantitative estimate of drug-likeness (QED) is 0.467. The summed E-state index contributed by atoms with van der Waals surface area (Å²) >= 11 is 0. The molecule has 0 bridgehead atoms. The summed E-state index contributed by atoms with van der Waals surface area (Å²) in [5.41, 5.74) is 3.84. The summed E-state index contributed by atoms with van der Waals surface area (Å²) in [4.78, 5) is 0. The van der Waals surface area contributed by atoms with Crippen LogP contribution in [-0.4, -0.2) is 11.2 Å². The Kier molecular flexibility index (Phi) is 4.92. The Morgan fingerprint density at radius 1 is 0.967 bits per heavy atom. The molecule has 0 aliphatic heterocycles. The number of aliphatic hydroxyl groups is 1. The number of rotatable bonds is 4. The van der Waals surface area contributed by atoms with E-state index in [-0.39, 0.29) is 6.10 Å². The summed E-state index contributed by atoms with van der Waals surface area (Å²) in [6, 6.07) is 0. The molecule has 30 heavy (non-hydrogen) atoms. The third kappa shape index (κ3) is 2.57. The van der Waals surface area contributed by atoms with E-state index in [1.807, 2.05) is 0 Å². The molecule has 1 nitrogen and oxygen atoms in total. The van der Waals surface area contributed by atoms with E-state index < -0.39 is 0 Å². The molecule has 2 spiro atoms. The molecule has 1 heteroatoms. The Morgan fingerprint density at radius 3 is 2.47 bits per heavy atom. The number of allylic oxidation sites excluding steroid dienone is 2. The van der Waals surface area contributed by atoms with Gasteiger partial charge in [0.1, 0.15) is 0 Å². The summed E-state index contributed by atoms with van der Waals surface area (Å²) < 4.78 is 0. The molecule has 5 fully saturated rings. The van der Waals surface area contributed by atoms with Crippen LogP contribution in [0, 0.1) is 51.2 Å². The van der Waals surface area contributed by atoms with Crippen LogP contribution >= 0.6 is 0 Å². The van der Waals surface area contributed by atoms with Crippen molar-refractivity contribution in [2.75, 3.05) is 0 Å². The smallest absolute Gasteiger partial charge is 0.0568 e. The normalized spacial score (nSPS) is 55.0. The van der Waals surface area contributed by atoms with E-state index in [0.717, 1.165) is 30.1 Å². The molecule has 0 heterocycles. The second kappa shape index (κ2) is 6.85. The van der Waals surface area contributed by atoms with E-state index in [9.17, 15) is 5.11 Å². The molecule has 5 aliphatic rings. The lowest BCUT2D eigenvalue weighted by molar-refractivity contribution is -0.142. The Labute approximate surface area is 186 Å². The van der Waals surface area contributed by atoms with E-state index in [4.69, 9.17) is 0 Å². The number of hydrogen-bond donors (Lipinski definition) is 1. The number of aliphatic hydroxyl groups excluding tert-OH is 1. The molecule has 0 radical (unpaired) electrons. The number of fused-ring (bicyclic) bond motifs is 2. The third-order valence-electron chi connectivity index (χ3n) is 12.6. The van der Waals surface area contributed by atoms with Gasteiger partial charge in [0.15, 0.2) is 0 Å². The predicted octanol–water partition coefficient (Wildman–Crippen LogP) is 7.78. The van der Waals surface area contributed by atoms with Gasteiger partial charge in [-0.05, 0) is 136 Å². The van der Waals surface area contributed by atoms with Crippen LogP contribution in [0.3, 0.4) is 0 Å². The van der Waals surface area contributed by atoms with Gasteiger partial charge in [-0.3, -0.25) is 0 Å². The number of hydrogen-bond acceptors (Lipinski definition) is 1. The highest BCUT2D eigenvalue weighted by Gasteiger charge is 2.81. The van der Waals surface area contributed by atoms with Crippen molar-refractivity contribution >= 4 is 0 Å². The Morgan fingerprint density at radius 2 is 1.73 bits per heavy atom. The second-order valence-corrected chi connectivity index (χ2v) is 13.5. The molecule has 0 aromatic carbocycles. The van der Waals surface area contributed by atoms with Gasteiger partial charge in [-0.15, -0.1) is 0 Å². The first kappa shape index (κ1) is 21.5. The van der Waals surface area contributed by atoms with Gasteiger partial charge in [0.25, 0.3) is 0 Å². The van der Waals surface area contributed by atoms with Gasteiger partial charge >= 0.3 is 0 Å². The SMILES string of the molecule is CC(C)=CCC[C@@H](C)[C@H]1CC[C@@]2(C)[C@@H]3CC[C@H]4[C@@H](C)[C@@H](O)CC[C@@]45C[C@@]35CC[C@]12C. The lowest BCUT2D eigenvalue weighted by atomic mass is 9.43. The summed E-state index contributed by atoms with van der Waals surface area (Å²) in [6.45, 7) is 14.9. The van der Waals surface area contributed by atoms with Crippen molar-refractivity contribution in [3.63, 3.8) is 0 Å². The van der Waals surface area contributed by atoms with E-state index >= 15 is 0 Å². The second-order valence-electron chi connectivity index (χ2n) is 13.5. The zero-order valence-corrected chi connectivity index (χ0v) is 20.8. The maximum Gasteiger partial charge on any atom is 0.0568 e. The molecule has 1 N–H and O–H groups in total. The van der Waals surface area contributed by atoms with Crippen molar-refractivity contribution in [3.8, 4) is 0 Å². The fourth-order valence-corrected chi connectivity index (χ4v) is 10.8. The minimum Gasteiger partial charge on any atom is -0.393 e. The lowest BCUT2D eigenvalue weighted by Crippen LogP contribution is -2.55. The first-order valence-electron chi connectivity index (χ1n) is 13.4. The fraction of sp³-hybridized carbons (Fsp3) is 0.931. The molecular formula is C29H48O. The van der Waals surface area contributed by atoms with Crippen LogP contribution in [-0.2, 0) is 0 Å². The first-order chi connectivity index (χ1) is 14.1. The zero-order valence-electron chi connectivity index (χ0n) is 20.8. The van der Waals surface area contributed by atoms with E-state index in [0.29, 0.717) is 27.6 Å². The minimum absolute atomic E-state index is 0.0308. The van der Waals surface area contributed by atoms with Crippen molar-refractivity contribution in [1.82, 2.24) is 0 Å². The first-order valence-corrected chi connectivity index (χ1v) is 13.4. The summed E-state index contributed by atoms with van der Waals surface area (Å²) in [6.07, 6.45) is 17.8. The average Bonchev–Trinajstić information content (AvgIpc) is 3.27. The lowest BCUT2D eigenvalue weighted by Gasteiger charge is -2.62. The predicted molar refractivity (Wildman–Crippen MR) is 126 cm³/mol. The van der Waals surface area contributed by atoms with Crippen molar-refractivity contribution in [1.29, 1.82) is 0 Å². The van der Waals surface area contributed by atoms with E-state index in [1.165, 1.54) is 69.8 Å². The molecule has 5 rings (SSSR count). The maximum absolute atomic E-state index is 10.6. The zero-order chi connectivity index (χ0) is 21.5. The van der Waals surface area contributed by atoms with Crippen molar-refractivity contribution in [2.45, 2.75) is 118 Å². The van der Waals surface area contributed by atoms with Crippen LogP contribution in [0.1, 0.15) is 112 Å². The topological polar surface area (TPSA) is 20.2 Å². The van der Waals surface area contributed by atoms with Crippen LogP contribution < -0.4 is 0 Å². The summed E-state index contributed by atoms with van der Waals surface area (Å²) in [7, 11) is 0. The Hall–Kier alpha value is -0.300. The molecule has 0 amide bonds. The molecule has 5 saturated carbocycles. The molecule has 0 aromatic rings. The average molecular weight is 413 g/mol. The van der Waals surface area contributed by atoms with Gasteiger partial charge in [-0.1, -0.05) is 39.3 Å². The summed E-state index contributed by atoms with van der Waals surface area (Å²) in [5, 5.41) is 10.6.